The van der Waals surface area contributed by atoms with Gasteiger partial charge in [0.2, 0.25) is 5.91 Å². The van der Waals surface area contributed by atoms with Crippen molar-refractivity contribution in [3.63, 3.8) is 0 Å². The summed E-state index contributed by atoms with van der Waals surface area (Å²) >= 11 is 0. The predicted molar refractivity (Wildman–Crippen MR) is 84.3 cm³/mol. The van der Waals surface area contributed by atoms with Crippen molar-refractivity contribution in [1.29, 1.82) is 0 Å². The van der Waals surface area contributed by atoms with Crippen LogP contribution >= 0.6 is 0 Å². The largest absolute Gasteiger partial charge is 0.497 e. The zero-order chi connectivity index (χ0) is 15.4. The number of benzene rings is 1. The number of rotatable bonds is 4. The van der Waals surface area contributed by atoms with Crippen LogP contribution < -0.4 is 20.1 Å². The Kier molecular flexibility index (Phi) is 4.63. The van der Waals surface area contributed by atoms with Gasteiger partial charge in [0.05, 0.1) is 13.0 Å². The number of hydrogen-bond acceptors (Lipinski definition) is 4. The molecule has 5 nitrogen and oxygen atoms in total. The van der Waals surface area contributed by atoms with Crippen molar-refractivity contribution in [3.8, 4) is 11.5 Å². The number of nitrogens with one attached hydrogen (secondary N) is 2. The van der Waals surface area contributed by atoms with Gasteiger partial charge in [0.15, 0.2) is 0 Å². The van der Waals surface area contributed by atoms with Crippen molar-refractivity contribution >= 4 is 5.91 Å². The van der Waals surface area contributed by atoms with Crippen molar-refractivity contribution in [2.75, 3.05) is 33.4 Å². The molecule has 2 aliphatic heterocycles. The van der Waals surface area contributed by atoms with Crippen molar-refractivity contribution in [1.82, 2.24) is 10.6 Å². The summed E-state index contributed by atoms with van der Waals surface area (Å²) in [6.07, 6.45) is 3.85. The molecule has 0 aliphatic carbocycles. The third-order valence-electron chi connectivity index (χ3n) is 4.19. The Morgan fingerprint density at radius 2 is 2.41 bits per heavy atom. The van der Waals surface area contributed by atoms with E-state index in [-0.39, 0.29) is 11.8 Å². The Morgan fingerprint density at radius 3 is 3.18 bits per heavy atom. The van der Waals surface area contributed by atoms with Gasteiger partial charge in [-0.2, -0.15) is 0 Å². The lowest BCUT2D eigenvalue weighted by Gasteiger charge is -2.25. The maximum absolute atomic E-state index is 12.3. The first-order valence-corrected chi connectivity index (χ1v) is 7.72. The zero-order valence-electron chi connectivity index (χ0n) is 12.9. The molecule has 0 saturated heterocycles. The summed E-state index contributed by atoms with van der Waals surface area (Å²) in [4.78, 5) is 12.3. The first-order valence-electron chi connectivity index (χ1n) is 7.72. The third kappa shape index (κ3) is 3.42. The van der Waals surface area contributed by atoms with Crippen molar-refractivity contribution < 1.29 is 14.3 Å². The van der Waals surface area contributed by atoms with E-state index in [0.29, 0.717) is 19.6 Å². The predicted octanol–water partition coefficient (Wildman–Crippen LogP) is 1.28. The number of fused-ring (bicyclic) bond motifs is 1. The molecule has 1 aromatic rings. The smallest absolute Gasteiger partial charge is 0.227 e. The van der Waals surface area contributed by atoms with Crippen LogP contribution in [0.5, 0.6) is 11.5 Å². The molecule has 0 bridgehead atoms. The quantitative estimate of drug-likeness (QED) is 0.823. The van der Waals surface area contributed by atoms with Crippen LogP contribution in [0.15, 0.2) is 29.8 Å². The first kappa shape index (κ1) is 14.9. The van der Waals surface area contributed by atoms with E-state index in [9.17, 15) is 4.79 Å². The standard InChI is InChI=1S/C17H22N2O3/c1-21-15-2-3-16-13(9-15)8-14(11-22-16)17(20)19-10-12-4-6-18-7-5-12/h2-4,9,14,18H,5-8,10-11H2,1H3,(H,19,20). The highest BCUT2D eigenvalue weighted by molar-refractivity contribution is 5.79. The highest BCUT2D eigenvalue weighted by Crippen LogP contribution is 2.30. The average molecular weight is 302 g/mol. The lowest BCUT2D eigenvalue weighted by atomic mass is 9.95. The van der Waals surface area contributed by atoms with Crippen LogP contribution in [0.2, 0.25) is 0 Å². The van der Waals surface area contributed by atoms with Crippen molar-refractivity contribution in [2.45, 2.75) is 12.8 Å². The summed E-state index contributed by atoms with van der Waals surface area (Å²) in [7, 11) is 1.64. The minimum absolute atomic E-state index is 0.0629. The number of methoxy groups -OCH3 is 1. The minimum atomic E-state index is -0.137. The summed E-state index contributed by atoms with van der Waals surface area (Å²) < 4.78 is 10.9. The molecule has 1 atom stereocenters. The summed E-state index contributed by atoms with van der Waals surface area (Å²) in [5.41, 5.74) is 2.33. The molecule has 0 fully saturated rings. The van der Waals surface area contributed by atoms with E-state index >= 15 is 0 Å². The van der Waals surface area contributed by atoms with Crippen LogP contribution in [0, 0.1) is 5.92 Å². The van der Waals surface area contributed by atoms with Crippen LogP contribution in [-0.2, 0) is 11.2 Å². The van der Waals surface area contributed by atoms with E-state index in [0.717, 1.165) is 36.6 Å². The van der Waals surface area contributed by atoms with E-state index in [4.69, 9.17) is 9.47 Å². The van der Waals surface area contributed by atoms with Gasteiger partial charge in [-0.15, -0.1) is 0 Å². The Morgan fingerprint density at radius 1 is 1.50 bits per heavy atom. The second-order valence-electron chi connectivity index (χ2n) is 5.72. The van der Waals surface area contributed by atoms with Crippen LogP contribution in [0.4, 0.5) is 0 Å². The zero-order valence-corrected chi connectivity index (χ0v) is 12.9. The number of carbonyl (C=O) groups is 1. The molecule has 22 heavy (non-hydrogen) atoms. The molecule has 2 heterocycles. The molecule has 3 rings (SSSR count). The first-order chi connectivity index (χ1) is 10.8. The monoisotopic (exact) mass is 302 g/mol. The lowest BCUT2D eigenvalue weighted by molar-refractivity contribution is -0.126. The molecule has 1 aromatic carbocycles. The molecule has 0 spiro atoms. The molecule has 1 unspecified atom stereocenters. The van der Waals surface area contributed by atoms with Gasteiger partial charge in [-0.3, -0.25) is 4.79 Å². The molecule has 5 heteroatoms. The second kappa shape index (κ2) is 6.83. The van der Waals surface area contributed by atoms with Gasteiger partial charge >= 0.3 is 0 Å². The highest BCUT2D eigenvalue weighted by atomic mass is 16.5. The molecule has 118 valence electrons. The fourth-order valence-corrected chi connectivity index (χ4v) is 2.84. The van der Waals surface area contributed by atoms with Crippen LogP contribution in [0.1, 0.15) is 12.0 Å². The normalized spacial score (nSPS) is 20.4. The van der Waals surface area contributed by atoms with Crippen molar-refractivity contribution in [2.24, 2.45) is 5.92 Å². The van der Waals surface area contributed by atoms with E-state index in [1.807, 2.05) is 18.2 Å². The van der Waals surface area contributed by atoms with Crippen LogP contribution in [0.25, 0.3) is 0 Å². The fraction of sp³-hybridized carbons (Fsp3) is 0.471. The Balaban J connectivity index is 1.58. The SMILES string of the molecule is COc1ccc2c(c1)CC(C(=O)NCC1=CCNCC1)CO2. The number of carbonyl (C=O) groups excluding carboxylic acids is 1. The highest BCUT2D eigenvalue weighted by Gasteiger charge is 2.26. The Labute approximate surface area is 130 Å². The molecule has 0 saturated carbocycles. The molecular weight excluding hydrogens is 280 g/mol. The topological polar surface area (TPSA) is 59.6 Å². The van der Waals surface area contributed by atoms with Gasteiger partial charge in [0, 0.05) is 13.1 Å². The maximum Gasteiger partial charge on any atom is 0.227 e. The van der Waals surface area contributed by atoms with Gasteiger partial charge in [-0.25, -0.2) is 0 Å². The minimum Gasteiger partial charge on any atom is -0.497 e. The molecule has 0 radical (unpaired) electrons. The lowest BCUT2D eigenvalue weighted by Crippen LogP contribution is -2.38. The van der Waals surface area contributed by atoms with E-state index in [1.54, 1.807) is 7.11 Å². The van der Waals surface area contributed by atoms with Gasteiger partial charge in [-0.05, 0) is 43.1 Å². The summed E-state index contributed by atoms with van der Waals surface area (Å²) in [6.45, 7) is 2.96. The van der Waals surface area contributed by atoms with E-state index in [1.165, 1.54) is 5.57 Å². The number of ether oxygens (including phenoxy) is 2. The van der Waals surface area contributed by atoms with E-state index in [2.05, 4.69) is 16.7 Å². The van der Waals surface area contributed by atoms with Gasteiger partial charge in [0.1, 0.15) is 18.1 Å². The number of hydrogen-bond donors (Lipinski definition) is 2. The number of amides is 1. The van der Waals surface area contributed by atoms with Crippen LogP contribution in [-0.4, -0.2) is 39.3 Å². The fourth-order valence-electron chi connectivity index (χ4n) is 2.84. The van der Waals surface area contributed by atoms with Gasteiger partial charge < -0.3 is 20.1 Å². The molecule has 0 aromatic heterocycles. The van der Waals surface area contributed by atoms with Gasteiger partial charge in [0.25, 0.3) is 0 Å². The summed E-state index contributed by atoms with van der Waals surface area (Å²) in [6, 6.07) is 5.73. The molecular formula is C17H22N2O3. The summed E-state index contributed by atoms with van der Waals surface area (Å²) in [5.74, 6) is 1.57. The Hall–Kier alpha value is -2.01. The van der Waals surface area contributed by atoms with Gasteiger partial charge in [-0.1, -0.05) is 11.6 Å². The maximum atomic E-state index is 12.3. The van der Waals surface area contributed by atoms with Crippen molar-refractivity contribution in [3.05, 3.63) is 35.4 Å². The van der Waals surface area contributed by atoms with Crippen LogP contribution in [0.3, 0.4) is 0 Å². The molecule has 2 aliphatic rings. The second-order valence-corrected chi connectivity index (χ2v) is 5.72. The molecule has 2 N–H and O–H groups in total. The third-order valence-corrected chi connectivity index (χ3v) is 4.19. The van der Waals surface area contributed by atoms with E-state index < -0.39 is 0 Å². The molecule has 1 amide bonds. The summed E-state index contributed by atoms with van der Waals surface area (Å²) in [5, 5.41) is 6.30. The Bertz CT molecular complexity index is 583. The average Bonchev–Trinajstić information content (AvgIpc) is 2.59.